The highest BCUT2D eigenvalue weighted by atomic mass is 16.4. The highest BCUT2D eigenvalue weighted by molar-refractivity contribution is 5.89. The van der Waals surface area contributed by atoms with Gasteiger partial charge in [0.05, 0.1) is 11.8 Å². The van der Waals surface area contributed by atoms with Gasteiger partial charge in [0.1, 0.15) is 0 Å². The third-order valence-electron chi connectivity index (χ3n) is 4.00. The normalized spacial score (nSPS) is 32.2. The highest BCUT2D eigenvalue weighted by Crippen LogP contribution is 2.22. The first-order valence-electron chi connectivity index (χ1n) is 6.86. The Hall–Kier alpha value is -0.570. The first-order valence-corrected chi connectivity index (χ1v) is 6.86. The number of hydrogen-bond donors (Lipinski definition) is 1. The Balaban J connectivity index is 2.00. The maximum atomic E-state index is 9.17. The van der Waals surface area contributed by atoms with Gasteiger partial charge in [-0.25, -0.2) is 0 Å². The van der Waals surface area contributed by atoms with E-state index in [9.17, 15) is 5.21 Å². The molecule has 3 heteroatoms. The number of likely N-dealkylation sites (tertiary alicyclic amines) is 1. The molecule has 0 spiro atoms. The van der Waals surface area contributed by atoms with Crippen molar-refractivity contribution in [3.05, 3.63) is 0 Å². The summed E-state index contributed by atoms with van der Waals surface area (Å²) in [7, 11) is 0. The summed E-state index contributed by atoms with van der Waals surface area (Å²) in [6.45, 7) is 2.40. The fourth-order valence-corrected chi connectivity index (χ4v) is 3.07. The molecule has 0 aromatic heterocycles. The van der Waals surface area contributed by atoms with Crippen LogP contribution in [0.2, 0.25) is 0 Å². The van der Waals surface area contributed by atoms with Gasteiger partial charge in [0.2, 0.25) is 0 Å². The first-order chi connectivity index (χ1) is 7.92. The van der Waals surface area contributed by atoms with E-state index in [1.165, 1.54) is 64.5 Å². The Kier molecular flexibility index (Phi) is 4.64. The van der Waals surface area contributed by atoms with Crippen LogP contribution in [-0.4, -0.2) is 35.0 Å². The molecule has 1 heterocycles. The van der Waals surface area contributed by atoms with Crippen molar-refractivity contribution >= 4 is 5.71 Å². The Morgan fingerprint density at radius 3 is 2.38 bits per heavy atom. The maximum absolute atomic E-state index is 9.17. The second-order valence-corrected chi connectivity index (χ2v) is 5.16. The minimum Gasteiger partial charge on any atom is -0.411 e. The molecular formula is C13H24N2O. The molecule has 1 aliphatic carbocycles. The standard InChI is InChI=1S/C13H24N2O/c16-14-12-8-4-1-2-5-9-13(12)15-10-6-3-7-11-15/h13,16H,1-11H2/b14-12-. The third kappa shape index (κ3) is 2.97. The molecule has 1 saturated heterocycles. The molecule has 1 aliphatic heterocycles. The summed E-state index contributed by atoms with van der Waals surface area (Å²) < 4.78 is 0. The molecule has 16 heavy (non-hydrogen) atoms. The van der Waals surface area contributed by atoms with Gasteiger partial charge in [-0.3, -0.25) is 4.90 Å². The summed E-state index contributed by atoms with van der Waals surface area (Å²) >= 11 is 0. The second-order valence-electron chi connectivity index (χ2n) is 5.16. The number of piperidine rings is 1. The highest BCUT2D eigenvalue weighted by Gasteiger charge is 2.26. The van der Waals surface area contributed by atoms with E-state index in [4.69, 9.17) is 0 Å². The zero-order chi connectivity index (χ0) is 11.2. The number of hydrogen-bond acceptors (Lipinski definition) is 3. The zero-order valence-corrected chi connectivity index (χ0v) is 10.2. The van der Waals surface area contributed by atoms with Crippen LogP contribution < -0.4 is 0 Å². The SMILES string of the molecule is O/N=C1/CCCCCCC1N1CCCCC1. The fourth-order valence-electron chi connectivity index (χ4n) is 3.07. The molecule has 0 aromatic rings. The zero-order valence-electron chi connectivity index (χ0n) is 10.2. The van der Waals surface area contributed by atoms with E-state index < -0.39 is 0 Å². The van der Waals surface area contributed by atoms with Crippen LogP contribution in [-0.2, 0) is 0 Å². The van der Waals surface area contributed by atoms with E-state index in [1.54, 1.807) is 0 Å². The second kappa shape index (κ2) is 6.24. The van der Waals surface area contributed by atoms with Crippen LogP contribution in [0.3, 0.4) is 0 Å². The molecular weight excluding hydrogens is 200 g/mol. The predicted octanol–water partition coefficient (Wildman–Crippen LogP) is 3.03. The summed E-state index contributed by atoms with van der Waals surface area (Å²) in [6.07, 6.45) is 11.3. The van der Waals surface area contributed by atoms with E-state index >= 15 is 0 Å². The summed E-state index contributed by atoms with van der Waals surface area (Å²) in [5.74, 6) is 0. The number of rotatable bonds is 1. The summed E-state index contributed by atoms with van der Waals surface area (Å²) in [5, 5.41) is 12.8. The van der Waals surface area contributed by atoms with Gasteiger partial charge in [-0.15, -0.1) is 0 Å². The van der Waals surface area contributed by atoms with Crippen molar-refractivity contribution in [2.45, 2.75) is 63.8 Å². The van der Waals surface area contributed by atoms with Gasteiger partial charge >= 0.3 is 0 Å². The molecule has 2 rings (SSSR count). The monoisotopic (exact) mass is 224 g/mol. The van der Waals surface area contributed by atoms with Crippen LogP contribution in [0.4, 0.5) is 0 Å². The van der Waals surface area contributed by atoms with Gasteiger partial charge in [-0.1, -0.05) is 30.8 Å². The van der Waals surface area contributed by atoms with Crippen LogP contribution in [0.1, 0.15) is 57.8 Å². The van der Waals surface area contributed by atoms with Crippen LogP contribution >= 0.6 is 0 Å². The van der Waals surface area contributed by atoms with E-state index in [-0.39, 0.29) is 0 Å². The molecule has 1 saturated carbocycles. The van der Waals surface area contributed by atoms with E-state index in [2.05, 4.69) is 10.1 Å². The molecule has 0 aromatic carbocycles. The molecule has 0 amide bonds. The van der Waals surface area contributed by atoms with Gasteiger partial charge in [0.15, 0.2) is 0 Å². The Morgan fingerprint density at radius 1 is 0.938 bits per heavy atom. The van der Waals surface area contributed by atoms with Crippen molar-refractivity contribution in [1.82, 2.24) is 4.90 Å². The topological polar surface area (TPSA) is 35.8 Å². The quantitative estimate of drug-likeness (QED) is 0.549. The minimum absolute atomic E-state index is 0.436. The lowest BCUT2D eigenvalue weighted by molar-refractivity contribution is 0.184. The van der Waals surface area contributed by atoms with Gasteiger partial charge in [0, 0.05) is 0 Å². The summed E-state index contributed by atoms with van der Waals surface area (Å²) in [4.78, 5) is 2.55. The van der Waals surface area contributed by atoms with Crippen molar-refractivity contribution in [2.75, 3.05) is 13.1 Å². The third-order valence-corrected chi connectivity index (χ3v) is 4.00. The van der Waals surface area contributed by atoms with Crippen LogP contribution in [0, 0.1) is 0 Å². The maximum Gasteiger partial charge on any atom is 0.0742 e. The minimum atomic E-state index is 0.436. The van der Waals surface area contributed by atoms with E-state index in [0.717, 1.165) is 12.1 Å². The lowest BCUT2D eigenvalue weighted by Crippen LogP contribution is -2.44. The lowest BCUT2D eigenvalue weighted by atomic mass is 9.92. The molecule has 1 atom stereocenters. The summed E-state index contributed by atoms with van der Waals surface area (Å²) in [5.41, 5.74) is 1.04. The largest absolute Gasteiger partial charge is 0.411 e. The first kappa shape index (κ1) is 11.9. The van der Waals surface area contributed by atoms with Gasteiger partial charge < -0.3 is 5.21 Å². The van der Waals surface area contributed by atoms with Crippen LogP contribution in [0.5, 0.6) is 0 Å². The van der Waals surface area contributed by atoms with Crippen molar-refractivity contribution in [3.8, 4) is 0 Å². The molecule has 2 aliphatic rings. The molecule has 1 N–H and O–H groups in total. The molecule has 2 fully saturated rings. The smallest absolute Gasteiger partial charge is 0.0742 e. The van der Waals surface area contributed by atoms with E-state index in [0.29, 0.717) is 6.04 Å². The number of nitrogens with zero attached hydrogens (tertiary/aromatic N) is 2. The van der Waals surface area contributed by atoms with Crippen LogP contribution in [0.25, 0.3) is 0 Å². The van der Waals surface area contributed by atoms with Gasteiger partial charge in [-0.05, 0) is 45.2 Å². The Morgan fingerprint density at radius 2 is 1.62 bits per heavy atom. The lowest BCUT2D eigenvalue weighted by Gasteiger charge is -2.35. The average Bonchev–Trinajstić information content (AvgIpc) is 2.30. The summed E-state index contributed by atoms with van der Waals surface area (Å²) in [6, 6.07) is 0.436. The van der Waals surface area contributed by atoms with Crippen molar-refractivity contribution in [2.24, 2.45) is 5.16 Å². The van der Waals surface area contributed by atoms with E-state index in [1.807, 2.05) is 0 Å². The van der Waals surface area contributed by atoms with Crippen LogP contribution in [0.15, 0.2) is 5.16 Å². The van der Waals surface area contributed by atoms with Crippen molar-refractivity contribution < 1.29 is 5.21 Å². The molecule has 0 bridgehead atoms. The number of oxime groups is 1. The molecule has 0 radical (unpaired) electrons. The molecule has 3 nitrogen and oxygen atoms in total. The predicted molar refractivity (Wildman–Crippen MR) is 66.1 cm³/mol. The average molecular weight is 224 g/mol. The van der Waals surface area contributed by atoms with Crippen molar-refractivity contribution in [3.63, 3.8) is 0 Å². The van der Waals surface area contributed by atoms with Crippen molar-refractivity contribution in [1.29, 1.82) is 0 Å². The van der Waals surface area contributed by atoms with Gasteiger partial charge in [-0.2, -0.15) is 0 Å². The Labute approximate surface area is 98.5 Å². The van der Waals surface area contributed by atoms with Gasteiger partial charge in [0.25, 0.3) is 0 Å². The Bertz CT molecular complexity index is 234. The molecule has 1 unspecified atom stereocenters. The molecule has 92 valence electrons. The fraction of sp³-hybridized carbons (Fsp3) is 0.923.